The van der Waals surface area contributed by atoms with E-state index in [0.29, 0.717) is 5.92 Å². The molecule has 3 nitrogen and oxygen atoms in total. The Morgan fingerprint density at radius 3 is 3.00 bits per heavy atom. The largest absolute Gasteiger partial charge is 0.396 e. The molecule has 1 saturated heterocycles. The normalized spacial score (nSPS) is 19.1. The second kappa shape index (κ2) is 6.16. The van der Waals surface area contributed by atoms with Gasteiger partial charge < -0.3 is 10.0 Å². The van der Waals surface area contributed by atoms with Gasteiger partial charge in [0, 0.05) is 24.4 Å². The Kier molecular flexibility index (Phi) is 4.27. The molecule has 3 rings (SSSR count). The molecule has 1 aliphatic heterocycles. The maximum Gasteiger partial charge on any atom is 0.264 e. The summed E-state index contributed by atoms with van der Waals surface area (Å²) in [4.78, 5) is 15.7. The lowest BCUT2D eigenvalue weighted by Gasteiger charge is -2.32. The zero-order chi connectivity index (χ0) is 14.8. The molecule has 1 atom stereocenters. The number of hydrogen-bond acceptors (Lipinski definition) is 3. The summed E-state index contributed by atoms with van der Waals surface area (Å²) in [6.45, 7) is 3.89. The van der Waals surface area contributed by atoms with Crippen molar-refractivity contribution in [3.63, 3.8) is 0 Å². The Morgan fingerprint density at radius 2 is 2.24 bits per heavy atom. The third-order valence-electron chi connectivity index (χ3n) is 4.38. The molecule has 1 amide bonds. The van der Waals surface area contributed by atoms with Gasteiger partial charge in [-0.3, -0.25) is 4.79 Å². The van der Waals surface area contributed by atoms with E-state index in [1.54, 1.807) is 11.3 Å². The van der Waals surface area contributed by atoms with Crippen LogP contribution in [0.1, 0.15) is 34.5 Å². The number of hydrogen-bond donors (Lipinski definition) is 1. The average molecular weight is 303 g/mol. The number of aliphatic hydroxyl groups is 1. The van der Waals surface area contributed by atoms with Crippen LogP contribution in [0, 0.1) is 12.8 Å². The minimum absolute atomic E-state index is 0.163. The molecule has 1 aliphatic rings. The van der Waals surface area contributed by atoms with Crippen LogP contribution in [0.25, 0.3) is 10.1 Å². The monoisotopic (exact) mass is 303 g/mol. The summed E-state index contributed by atoms with van der Waals surface area (Å²) in [5.74, 6) is 0.610. The lowest BCUT2D eigenvalue weighted by molar-refractivity contribution is 0.0658. The van der Waals surface area contributed by atoms with Crippen LogP contribution in [0.5, 0.6) is 0 Å². The average Bonchev–Trinajstić information content (AvgIpc) is 2.85. The standard InChI is InChI=1S/C17H21NO2S/c1-12-14-6-2-3-7-15(14)21-16(12)17(20)18-9-4-5-13(11-18)8-10-19/h2-3,6-7,13,19H,4-5,8-11H2,1H3. The number of carbonyl (C=O) groups excluding carboxylic acids is 1. The first-order chi connectivity index (χ1) is 10.2. The van der Waals surface area contributed by atoms with Gasteiger partial charge in [0.1, 0.15) is 0 Å². The first-order valence-electron chi connectivity index (χ1n) is 7.59. The van der Waals surface area contributed by atoms with E-state index >= 15 is 0 Å². The van der Waals surface area contributed by atoms with Gasteiger partial charge in [-0.1, -0.05) is 18.2 Å². The Hall–Kier alpha value is -1.39. The molecule has 2 heterocycles. The molecule has 2 aromatic rings. The summed E-state index contributed by atoms with van der Waals surface area (Å²) in [6.07, 6.45) is 2.96. The van der Waals surface area contributed by atoms with Gasteiger partial charge in [-0.25, -0.2) is 0 Å². The Morgan fingerprint density at radius 1 is 1.43 bits per heavy atom. The van der Waals surface area contributed by atoms with E-state index in [2.05, 4.69) is 12.1 Å². The lowest BCUT2D eigenvalue weighted by Crippen LogP contribution is -2.40. The molecule has 0 bridgehead atoms. The van der Waals surface area contributed by atoms with Crippen LogP contribution in [0.3, 0.4) is 0 Å². The van der Waals surface area contributed by atoms with Crippen LogP contribution >= 0.6 is 11.3 Å². The number of amides is 1. The fourth-order valence-electron chi connectivity index (χ4n) is 3.19. The van der Waals surface area contributed by atoms with Crippen LogP contribution in [0.4, 0.5) is 0 Å². The summed E-state index contributed by atoms with van der Waals surface area (Å²) in [5, 5.41) is 10.3. The second-order valence-electron chi connectivity index (χ2n) is 5.82. The zero-order valence-corrected chi connectivity index (χ0v) is 13.2. The number of thiophene rings is 1. The number of fused-ring (bicyclic) bond motifs is 1. The number of carbonyl (C=O) groups is 1. The van der Waals surface area contributed by atoms with Crippen LogP contribution in [0.15, 0.2) is 24.3 Å². The van der Waals surface area contributed by atoms with Crippen molar-refractivity contribution >= 4 is 27.3 Å². The molecule has 1 aromatic heterocycles. The predicted molar refractivity (Wildman–Crippen MR) is 86.9 cm³/mol. The van der Waals surface area contributed by atoms with E-state index in [0.717, 1.165) is 42.8 Å². The molecule has 1 N–H and O–H groups in total. The van der Waals surface area contributed by atoms with Gasteiger partial charge in [-0.05, 0) is 49.1 Å². The molecule has 0 aliphatic carbocycles. The molecular formula is C17H21NO2S. The molecule has 1 aromatic carbocycles. The first kappa shape index (κ1) is 14.5. The minimum atomic E-state index is 0.163. The lowest BCUT2D eigenvalue weighted by atomic mass is 9.95. The second-order valence-corrected chi connectivity index (χ2v) is 6.88. The van der Waals surface area contributed by atoms with Crippen molar-refractivity contribution in [2.24, 2.45) is 5.92 Å². The van der Waals surface area contributed by atoms with Gasteiger partial charge in [0.25, 0.3) is 5.91 Å². The van der Waals surface area contributed by atoms with E-state index in [4.69, 9.17) is 5.11 Å². The Balaban J connectivity index is 1.84. The fourth-order valence-corrected chi connectivity index (χ4v) is 4.37. The molecule has 0 saturated carbocycles. The van der Waals surface area contributed by atoms with Crippen molar-refractivity contribution in [3.8, 4) is 0 Å². The first-order valence-corrected chi connectivity index (χ1v) is 8.40. The van der Waals surface area contributed by atoms with Crippen molar-refractivity contribution in [1.82, 2.24) is 4.90 Å². The summed E-state index contributed by atoms with van der Waals surface area (Å²) in [6, 6.07) is 8.20. The van der Waals surface area contributed by atoms with Gasteiger partial charge in [-0.2, -0.15) is 0 Å². The molecular weight excluding hydrogens is 282 g/mol. The highest BCUT2D eigenvalue weighted by Gasteiger charge is 2.26. The Labute approximate surface area is 129 Å². The van der Waals surface area contributed by atoms with Crippen LogP contribution in [-0.2, 0) is 0 Å². The zero-order valence-electron chi connectivity index (χ0n) is 12.3. The van der Waals surface area contributed by atoms with E-state index in [1.807, 2.05) is 24.0 Å². The summed E-state index contributed by atoms with van der Waals surface area (Å²) in [7, 11) is 0. The summed E-state index contributed by atoms with van der Waals surface area (Å²) >= 11 is 1.60. The van der Waals surface area contributed by atoms with E-state index in [9.17, 15) is 4.79 Å². The third-order valence-corrected chi connectivity index (χ3v) is 5.64. The predicted octanol–water partition coefficient (Wildman–Crippen LogP) is 3.44. The van der Waals surface area contributed by atoms with E-state index in [1.165, 1.54) is 10.1 Å². The van der Waals surface area contributed by atoms with Gasteiger partial charge in [0.2, 0.25) is 0 Å². The van der Waals surface area contributed by atoms with Crippen LogP contribution in [-0.4, -0.2) is 35.6 Å². The van der Waals surface area contributed by atoms with Crippen molar-refractivity contribution in [3.05, 3.63) is 34.7 Å². The van der Waals surface area contributed by atoms with Gasteiger partial charge in [0.05, 0.1) is 4.88 Å². The molecule has 1 fully saturated rings. The van der Waals surface area contributed by atoms with Crippen molar-refractivity contribution < 1.29 is 9.90 Å². The number of likely N-dealkylation sites (tertiary alicyclic amines) is 1. The highest BCUT2D eigenvalue weighted by molar-refractivity contribution is 7.21. The summed E-state index contributed by atoms with van der Waals surface area (Å²) < 4.78 is 1.18. The molecule has 0 radical (unpaired) electrons. The number of aliphatic hydroxyl groups excluding tert-OH is 1. The number of rotatable bonds is 3. The molecule has 21 heavy (non-hydrogen) atoms. The van der Waals surface area contributed by atoms with E-state index < -0.39 is 0 Å². The number of nitrogens with zero attached hydrogens (tertiary/aromatic N) is 1. The quantitative estimate of drug-likeness (QED) is 0.943. The van der Waals surface area contributed by atoms with Gasteiger partial charge in [-0.15, -0.1) is 11.3 Å². The SMILES string of the molecule is Cc1c(C(=O)N2CCCC(CCO)C2)sc2ccccc12. The van der Waals surface area contributed by atoms with Crippen molar-refractivity contribution in [2.75, 3.05) is 19.7 Å². The number of piperidine rings is 1. The number of aryl methyl sites for hydroxylation is 1. The topological polar surface area (TPSA) is 40.5 Å². The van der Waals surface area contributed by atoms with Gasteiger partial charge in [0.15, 0.2) is 0 Å². The summed E-state index contributed by atoms with van der Waals surface area (Å²) in [5.41, 5.74) is 1.10. The smallest absolute Gasteiger partial charge is 0.264 e. The van der Waals surface area contributed by atoms with Crippen molar-refractivity contribution in [2.45, 2.75) is 26.2 Å². The van der Waals surface area contributed by atoms with Crippen LogP contribution in [0.2, 0.25) is 0 Å². The minimum Gasteiger partial charge on any atom is -0.396 e. The Bertz CT molecular complexity index is 647. The van der Waals surface area contributed by atoms with Gasteiger partial charge >= 0.3 is 0 Å². The number of benzene rings is 1. The van der Waals surface area contributed by atoms with E-state index in [-0.39, 0.29) is 12.5 Å². The fraction of sp³-hybridized carbons (Fsp3) is 0.471. The third kappa shape index (κ3) is 2.83. The maximum absolute atomic E-state index is 12.8. The molecule has 112 valence electrons. The highest BCUT2D eigenvalue weighted by atomic mass is 32.1. The molecule has 4 heteroatoms. The molecule has 1 unspecified atom stereocenters. The highest BCUT2D eigenvalue weighted by Crippen LogP contribution is 2.32. The van der Waals surface area contributed by atoms with Crippen LogP contribution < -0.4 is 0 Å². The van der Waals surface area contributed by atoms with Crippen molar-refractivity contribution in [1.29, 1.82) is 0 Å². The molecule has 0 spiro atoms. The maximum atomic E-state index is 12.8.